The van der Waals surface area contributed by atoms with Gasteiger partial charge in [0.25, 0.3) is 0 Å². The molecule has 2 aromatic heterocycles. The molecule has 0 bridgehead atoms. The Kier molecular flexibility index (Phi) is 6.86. The first kappa shape index (κ1) is 24.5. The minimum Gasteiger partial charge on any atom is -0.493 e. The summed E-state index contributed by atoms with van der Waals surface area (Å²) in [7, 11) is 0. The van der Waals surface area contributed by atoms with Crippen molar-refractivity contribution in [3.05, 3.63) is 51.7 Å². The molecule has 0 amide bonds. The number of piperidine rings is 1. The van der Waals surface area contributed by atoms with Crippen molar-refractivity contribution in [3.63, 3.8) is 0 Å². The number of likely N-dealkylation sites (tertiary alicyclic amines) is 1. The molecule has 188 valence electrons. The van der Waals surface area contributed by atoms with Crippen LogP contribution in [-0.2, 0) is 19.4 Å². The summed E-state index contributed by atoms with van der Waals surface area (Å²) in [6.45, 7) is 5.03. The predicted octanol–water partition coefficient (Wildman–Crippen LogP) is 5.73. The van der Waals surface area contributed by atoms with Gasteiger partial charge in [-0.05, 0) is 37.5 Å². The molecule has 0 radical (unpaired) electrons. The number of halogens is 3. The highest BCUT2D eigenvalue weighted by Gasteiger charge is 2.29. The number of thiophene rings is 1. The van der Waals surface area contributed by atoms with Gasteiger partial charge in [-0.1, -0.05) is 12.1 Å². The number of hydrogen-bond acceptors (Lipinski definition) is 7. The third-order valence-electron chi connectivity index (χ3n) is 6.58. The van der Waals surface area contributed by atoms with E-state index in [1.807, 2.05) is 13.0 Å². The van der Waals surface area contributed by atoms with Crippen molar-refractivity contribution in [2.45, 2.75) is 51.4 Å². The third-order valence-corrected chi connectivity index (χ3v) is 7.62. The Morgan fingerprint density at radius 1 is 1.25 bits per heavy atom. The van der Waals surface area contributed by atoms with E-state index in [0.717, 1.165) is 71.8 Å². The molecule has 0 atom stereocenters. The van der Waals surface area contributed by atoms with Crippen molar-refractivity contribution in [1.29, 1.82) is 5.26 Å². The zero-order valence-corrected chi connectivity index (χ0v) is 20.7. The quantitative estimate of drug-likeness (QED) is 0.435. The van der Waals surface area contributed by atoms with Crippen LogP contribution in [0, 0.1) is 11.3 Å². The maximum absolute atomic E-state index is 12.8. The fraction of sp³-hybridized carbons (Fsp3) is 0.423. The number of alkyl halides is 3. The lowest BCUT2D eigenvalue weighted by molar-refractivity contribution is -0.126. The molecule has 1 N–H and O–H groups in total. The number of hydrogen-bond donors (Lipinski definition) is 1. The molecule has 5 rings (SSSR count). The van der Waals surface area contributed by atoms with Gasteiger partial charge in [0.15, 0.2) is 0 Å². The minimum atomic E-state index is -4.25. The lowest BCUT2D eigenvalue weighted by atomic mass is 10.0. The highest BCUT2D eigenvalue weighted by molar-refractivity contribution is 7.18. The number of nitriles is 1. The van der Waals surface area contributed by atoms with Crippen LogP contribution in [0.3, 0.4) is 0 Å². The molecule has 1 fully saturated rings. The first-order valence-corrected chi connectivity index (χ1v) is 12.8. The molecule has 6 nitrogen and oxygen atoms in total. The maximum atomic E-state index is 12.8. The molecular weight excluding hydrogens is 487 g/mol. The van der Waals surface area contributed by atoms with Crippen LogP contribution in [0.1, 0.15) is 41.3 Å². The van der Waals surface area contributed by atoms with Gasteiger partial charge in [0.05, 0.1) is 24.5 Å². The number of nitrogens with zero attached hydrogens (tertiary/aromatic N) is 4. The van der Waals surface area contributed by atoms with Crippen LogP contribution in [-0.4, -0.2) is 46.8 Å². The predicted molar refractivity (Wildman–Crippen MR) is 134 cm³/mol. The lowest BCUT2D eigenvalue weighted by Crippen LogP contribution is -2.38. The van der Waals surface area contributed by atoms with Crippen LogP contribution in [0.2, 0.25) is 0 Å². The summed E-state index contributed by atoms with van der Waals surface area (Å²) in [6, 6.07) is 8.19. The van der Waals surface area contributed by atoms with E-state index in [1.54, 1.807) is 6.07 Å². The Balaban J connectivity index is 1.24. The van der Waals surface area contributed by atoms with Crippen molar-refractivity contribution in [1.82, 2.24) is 14.9 Å². The molecule has 1 aliphatic heterocycles. The van der Waals surface area contributed by atoms with E-state index in [-0.39, 0.29) is 10.9 Å². The van der Waals surface area contributed by atoms with Crippen molar-refractivity contribution < 1.29 is 17.9 Å². The van der Waals surface area contributed by atoms with Crippen molar-refractivity contribution in [2.24, 2.45) is 0 Å². The SMILES string of the molecule is CCOc1c(CN2CCC(Nc3ncnc4sc(CC(F)(F)F)cc34)CC2)ccc2c1C=C(C#N)C2. The standard InChI is InChI=1S/C26H26F3N5OS/c1-2-35-23-18(4-3-17-9-16(13-30)10-21(17)23)14-34-7-5-19(6-8-34)33-24-22-11-20(12-26(27,28)29)36-25(22)32-15-31-24/h3-4,10-11,15,19H,2,5-9,12,14H2,1H3,(H,31,32,33). The van der Waals surface area contributed by atoms with Crippen LogP contribution < -0.4 is 10.1 Å². The zero-order valence-electron chi connectivity index (χ0n) is 19.9. The smallest absolute Gasteiger partial charge is 0.393 e. The summed E-state index contributed by atoms with van der Waals surface area (Å²) in [5.74, 6) is 1.47. The largest absolute Gasteiger partial charge is 0.493 e. The Labute approximate surface area is 211 Å². The van der Waals surface area contributed by atoms with Crippen LogP contribution in [0.5, 0.6) is 5.75 Å². The second-order valence-electron chi connectivity index (χ2n) is 9.16. The maximum Gasteiger partial charge on any atom is 0.393 e. The van der Waals surface area contributed by atoms with Gasteiger partial charge in [0.2, 0.25) is 0 Å². The van der Waals surface area contributed by atoms with Crippen LogP contribution >= 0.6 is 11.3 Å². The Morgan fingerprint density at radius 3 is 2.78 bits per heavy atom. The third kappa shape index (κ3) is 5.32. The number of rotatable bonds is 7. The number of benzene rings is 1. The van der Waals surface area contributed by atoms with Gasteiger partial charge in [0, 0.05) is 53.7 Å². The average molecular weight is 514 g/mol. The fourth-order valence-corrected chi connectivity index (χ4v) is 5.94. The minimum absolute atomic E-state index is 0.179. The molecule has 3 heterocycles. The highest BCUT2D eigenvalue weighted by Crippen LogP contribution is 2.37. The molecule has 0 unspecified atom stereocenters. The number of anilines is 1. The van der Waals surface area contributed by atoms with E-state index in [1.165, 1.54) is 6.33 Å². The van der Waals surface area contributed by atoms with Crippen molar-refractivity contribution >= 4 is 33.4 Å². The van der Waals surface area contributed by atoms with Gasteiger partial charge in [0.1, 0.15) is 22.7 Å². The Bertz CT molecular complexity index is 1340. The molecule has 1 aliphatic carbocycles. The molecule has 1 aromatic carbocycles. The monoisotopic (exact) mass is 513 g/mol. The van der Waals surface area contributed by atoms with E-state index in [4.69, 9.17) is 4.74 Å². The molecule has 10 heteroatoms. The number of fused-ring (bicyclic) bond motifs is 2. The van der Waals surface area contributed by atoms with E-state index in [2.05, 4.69) is 38.4 Å². The lowest BCUT2D eigenvalue weighted by Gasteiger charge is -2.33. The zero-order chi connectivity index (χ0) is 25.3. The normalized spacial score (nSPS) is 16.6. The summed E-state index contributed by atoms with van der Waals surface area (Å²) in [6.07, 6.45) is 0.573. The van der Waals surface area contributed by atoms with E-state index >= 15 is 0 Å². The molecule has 0 saturated carbocycles. The van der Waals surface area contributed by atoms with Crippen molar-refractivity contribution in [2.75, 3.05) is 25.0 Å². The van der Waals surface area contributed by atoms with Gasteiger partial charge in [-0.2, -0.15) is 18.4 Å². The number of allylic oxidation sites excluding steroid dienone is 1. The van der Waals surface area contributed by atoms with Gasteiger partial charge in [-0.3, -0.25) is 4.90 Å². The van der Waals surface area contributed by atoms with E-state index < -0.39 is 12.6 Å². The Hall–Kier alpha value is -3.16. The second kappa shape index (κ2) is 10.1. The molecule has 1 saturated heterocycles. The highest BCUT2D eigenvalue weighted by atomic mass is 32.1. The number of ether oxygens (including phenoxy) is 1. The summed E-state index contributed by atoms with van der Waals surface area (Å²) < 4.78 is 44.5. The molecule has 3 aromatic rings. The summed E-state index contributed by atoms with van der Waals surface area (Å²) >= 11 is 1.06. The number of aromatic nitrogens is 2. The van der Waals surface area contributed by atoms with Gasteiger partial charge in [-0.15, -0.1) is 11.3 Å². The molecule has 0 spiro atoms. The first-order valence-electron chi connectivity index (χ1n) is 12.0. The van der Waals surface area contributed by atoms with E-state index in [9.17, 15) is 18.4 Å². The molecule has 2 aliphatic rings. The summed E-state index contributed by atoms with van der Waals surface area (Å²) in [5, 5.41) is 13.4. The van der Waals surface area contributed by atoms with Gasteiger partial charge in [-0.25, -0.2) is 9.97 Å². The van der Waals surface area contributed by atoms with Gasteiger partial charge < -0.3 is 10.1 Å². The topological polar surface area (TPSA) is 74.1 Å². The molecular formula is C26H26F3N5OS. The van der Waals surface area contributed by atoms with E-state index in [0.29, 0.717) is 29.1 Å². The van der Waals surface area contributed by atoms with Crippen molar-refractivity contribution in [3.8, 4) is 11.8 Å². The van der Waals surface area contributed by atoms with Gasteiger partial charge >= 0.3 is 6.18 Å². The number of nitrogens with one attached hydrogen (secondary N) is 1. The van der Waals surface area contributed by atoms with Crippen LogP contribution in [0.15, 0.2) is 30.1 Å². The van der Waals surface area contributed by atoms with Crippen LogP contribution in [0.4, 0.5) is 19.0 Å². The summed E-state index contributed by atoms with van der Waals surface area (Å²) in [5.41, 5.74) is 4.02. The van der Waals surface area contributed by atoms with Crippen LogP contribution in [0.25, 0.3) is 16.3 Å². The summed E-state index contributed by atoms with van der Waals surface area (Å²) in [4.78, 5) is 11.7. The second-order valence-corrected chi connectivity index (χ2v) is 10.3. The Morgan fingerprint density at radius 2 is 2.06 bits per heavy atom. The average Bonchev–Trinajstić information content (AvgIpc) is 3.45. The fourth-order valence-electron chi connectivity index (χ4n) is 4.91. The first-order chi connectivity index (χ1) is 17.3. The molecule has 36 heavy (non-hydrogen) atoms.